The van der Waals surface area contributed by atoms with Crippen LogP contribution in [0.3, 0.4) is 0 Å². The molecule has 2 aliphatic rings. The number of imide groups is 2. The van der Waals surface area contributed by atoms with Crippen molar-refractivity contribution >= 4 is 35.0 Å². The lowest BCUT2D eigenvalue weighted by molar-refractivity contribution is -0.123. The lowest BCUT2D eigenvalue weighted by Crippen LogP contribution is -2.31. The Bertz CT molecular complexity index is 1320. The zero-order valence-corrected chi connectivity index (χ0v) is 23.0. The van der Waals surface area contributed by atoms with Crippen molar-refractivity contribution in [2.24, 2.45) is 0 Å². The summed E-state index contributed by atoms with van der Waals surface area (Å²) >= 11 is 0. The number of benzene rings is 3. The number of hydrogen-bond acceptors (Lipinski definition) is 6. The van der Waals surface area contributed by atoms with Crippen molar-refractivity contribution in [3.63, 3.8) is 0 Å². The maximum absolute atomic E-state index is 13.3. The maximum Gasteiger partial charge on any atom is 0.241 e. The molecule has 206 valence electrons. The molecule has 2 atom stereocenters. The van der Waals surface area contributed by atoms with E-state index in [2.05, 4.69) is 0 Å². The van der Waals surface area contributed by atoms with E-state index in [0.29, 0.717) is 22.9 Å². The third-order valence-corrected chi connectivity index (χ3v) is 6.97. The highest BCUT2D eigenvalue weighted by atomic mass is 16.5. The van der Waals surface area contributed by atoms with Crippen LogP contribution in [0.25, 0.3) is 0 Å². The second-order valence-electron chi connectivity index (χ2n) is 10.6. The van der Waals surface area contributed by atoms with Crippen LogP contribution in [0, 0.1) is 0 Å². The van der Waals surface area contributed by atoms with Crippen LogP contribution < -0.4 is 19.3 Å². The normalized spacial score (nSPS) is 19.4. The molecule has 2 aliphatic heterocycles. The Morgan fingerprint density at radius 1 is 0.550 bits per heavy atom. The van der Waals surface area contributed by atoms with Crippen LogP contribution >= 0.6 is 0 Å². The van der Waals surface area contributed by atoms with Gasteiger partial charge in [0.1, 0.15) is 11.5 Å². The number of carbonyl (C=O) groups excluding carboxylic acids is 4. The molecule has 8 nitrogen and oxygen atoms in total. The number of hydrogen-bond donors (Lipinski definition) is 0. The molecular weight excluding hydrogens is 508 g/mol. The summed E-state index contributed by atoms with van der Waals surface area (Å²) in [5.41, 5.74) is 2.29. The summed E-state index contributed by atoms with van der Waals surface area (Å²) in [6, 6.07) is 20.8. The second-order valence-corrected chi connectivity index (χ2v) is 10.6. The summed E-state index contributed by atoms with van der Waals surface area (Å²) in [6.45, 7) is 7.75. The first kappa shape index (κ1) is 27.1. The molecule has 0 aromatic heterocycles. The Labute approximate surface area is 233 Å². The first-order chi connectivity index (χ1) is 19.1. The number of amides is 4. The summed E-state index contributed by atoms with van der Waals surface area (Å²) in [5, 5.41) is 0. The topological polar surface area (TPSA) is 93.2 Å². The molecule has 40 heavy (non-hydrogen) atoms. The summed E-state index contributed by atoms with van der Waals surface area (Å²) in [6.07, 6.45) is 0.201. The van der Waals surface area contributed by atoms with Crippen molar-refractivity contribution in [3.8, 4) is 11.5 Å². The van der Waals surface area contributed by atoms with Crippen LogP contribution in [0.2, 0.25) is 0 Å². The molecule has 0 saturated carbocycles. The van der Waals surface area contributed by atoms with Crippen molar-refractivity contribution in [1.29, 1.82) is 0 Å². The maximum atomic E-state index is 13.3. The van der Waals surface area contributed by atoms with Gasteiger partial charge in [-0.05, 0) is 87.4 Å². The summed E-state index contributed by atoms with van der Waals surface area (Å²) < 4.78 is 11.3. The van der Waals surface area contributed by atoms with Crippen LogP contribution in [0.1, 0.15) is 63.5 Å². The number of carbonyl (C=O) groups is 4. The molecule has 0 radical (unpaired) electrons. The zero-order chi connectivity index (χ0) is 28.6. The fourth-order valence-corrected chi connectivity index (χ4v) is 5.18. The predicted octanol–water partition coefficient (Wildman–Crippen LogP) is 5.36. The van der Waals surface area contributed by atoms with Gasteiger partial charge in [-0.25, -0.2) is 0 Å². The van der Waals surface area contributed by atoms with Gasteiger partial charge < -0.3 is 9.47 Å². The first-order valence-corrected chi connectivity index (χ1v) is 13.5. The Hall–Kier alpha value is -4.46. The molecule has 0 bridgehead atoms. The fourth-order valence-electron chi connectivity index (χ4n) is 5.18. The van der Waals surface area contributed by atoms with Crippen molar-refractivity contribution in [2.45, 2.75) is 64.6 Å². The molecule has 0 N–H and O–H groups in total. The Morgan fingerprint density at radius 3 is 1.18 bits per heavy atom. The number of nitrogens with zero attached hydrogens (tertiary/aromatic N) is 2. The Kier molecular flexibility index (Phi) is 7.43. The van der Waals surface area contributed by atoms with E-state index in [1.807, 2.05) is 52.0 Å². The van der Waals surface area contributed by atoms with Gasteiger partial charge in [0.25, 0.3) is 0 Å². The first-order valence-electron chi connectivity index (χ1n) is 13.5. The minimum Gasteiger partial charge on any atom is -0.491 e. The average Bonchev–Trinajstić information content (AvgIpc) is 3.38. The van der Waals surface area contributed by atoms with Crippen LogP contribution in [-0.4, -0.2) is 35.8 Å². The van der Waals surface area contributed by atoms with Gasteiger partial charge in [-0.15, -0.1) is 0 Å². The highest BCUT2D eigenvalue weighted by Gasteiger charge is 2.42. The van der Waals surface area contributed by atoms with Crippen LogP contribution in [0.4, 0.5) is 11.4 Å². The molecule has 5 rings (SSSR count). The molecular formula is C32H32N2O6. The van der Waals surface area contributed by atoms with Crippen molar-refractivity contribution in [3.05, 3.63) is 83.9 Å². The molecule has 2 saturated heterocycles. The quantitative estimate of drug-likeness (QED) is 0.358. The molecule has 0 aliphatic carbocycles. The number of ether oxygens (including phenoxy) is 2. The summed E-state index contributed by atoms with van der Waals surface area (Å²) in [7, 11) is 0. The van der Waals surface area contributed by atoms with Gasteiger partial charge in [0.15, 0.2) is 0 Å². The highest BCUT2D eigenvalue weighted by Crippen LogP contribution is 2.37. The van der Waals surface area contributed by atoms with Crippen LogP contribution in [0.15, 0.2) is 72.8 Å². The number of anilines is 2. The van der Waals surface area contributed by atoms with E-state index >= 15 is 0 Å². The lowest BCUT2D eigenvalue weighted by atomic mass is 9.97. The van der Waals surface area contributed by atoms with E-state index in [1.165, 1.54) is 9.80 Å². The van der Waals surface area contributed by atoms with Gasteiger partial charge >= 0.3 is 0 Å². The molecule has 0 unspecified atom stereocenters. The highest BCUT2D eigenvalue weighted by molar-refractivity contribution is 6.24. The molecule has 2 fully saturated rings. The molecule has 4 amide bonds. The van der Waals surface area contributed by atoms with Crippen molar-refractivity contribution < 1.29 is 28.7 Å². The van der Waals surface area contributed by atoms with Gasteiger partial charge in [0.05, 0.1) is 35.4 Å². The lowest BCUT2D eigenvalue weighted by Gasteiger charge is -2.19. The Balaban J connectivity index is 1.29. The zero-order valence-electron chi connectivity index (χ0n) is 23.0. The molecule has 2 heterocycles. The van der Waals surface area contributed by atoms with Crippen molar-refractivity contribution in [1.82, 2.24) is 0 Å². The molecule has 8 heteroatoms. The third-order valence-electron chi connectivity index (χ3n) is 6.97. The number of rotatable bonds is 8. The van der Waals surface area contributed by atoms with Gasteiger partial charge in [0, 0.05) is 12.8 Å². The van der Waals surface area contributed by atoms with E-state index in [9.17, 15) is 19.2 Å². The smallest absolute Gasteiger partial charge is 0.241 e. The Morgan fingerprint density at radius 2 is 0.875 bits per heavy atom. The third kappa shape index (κ3) is 5.34. The SMILES string of the molecule is CC(C)Oc1ccc([C@H]2CC(=O)N(c3ccc(N4C(=O)C[C@H](c5ccc(OC(C)C)cc5)C4=O)cc3)C2=O)cc1. The largest absolute Gasteiger partial charge is 0.491 e. The molecule has 3 aromatic rings. The molecule has 3 aromatic carbocycles. The van der Waals surface area contributed by atoms with Crippen LogP contribution in [-0.2, 0) is 19.2 Å². The fraction of sp³-hybridized carbons (Fsp3) is 0.312. The van der Waals surface area contributed by atoms with Gasteiger partial charge in [-0.1, -0.05) is 24.3 Å². The van der Waals surface area contributed by atoms with Crippen LogP contribution in [0.5, 0.6) is 11.5 Å². The molecule has 0 spiro atoms. The predicted molar refractivity (Wildman–Crippen MR) is 151 cm³/mol. The summed E-state index contributed by atoms with van der Waals surface area (Å²) in [4.78, 5) is 54.6. The minimum atomic E-state index is -0.583. The van der Waals surface area contributed by atoms with E-state index in [1.54, 1.807) is 48.5 Å². The van der Waals surface area contributed by atoms with E-state index in [-0.39, 0.29) is 48.7 Å². The van der Waals surface area contributed by atoms with E-state index < -0.39 is 11.8 Å². The van der Waals surface area contributed by atoms with Gasteiger partial charge in [-0.3, -0.25) is 29.0 Å². The van der Waals surface area contributed by atoms with E-state index in [0.717, 1.165) is 11.1 Å². The van der Waals surface area contributed by atoms with Gasteiger partial charge in [-0.2, -0.15) is 0 Å². The van der Waals surface area contributed by atoms with Crippen molar-refractivity contribution in [2.75, 3.05) is 9.80 Å². The minimum absolute atomic E-state index is 0.0345. The van der Waals surface area contributed by atoms with E-state index in [4.69, 9.17) is 9.47 Å². The summed E-state index contributed by atoms with van der Waals surface area (Å²) in [5.74, 6) is -0.990. The standard InChI is InChI=1S/C32H32N2O6/c1-19(2)39-25-13-5-21(6-14-25)27-17-29(35)33(31(27)37)23-9-11-24(12-10-23)34-30(36)18-28(32(34)38)22-7-15-26(16-8-22)40-20(3)4/h5-16,19-20,27-28H,17-18H2,1-4H3/t27-,28-/m1/s1. The monoisotopic (exact) mass is 540 g/mol. The van der Waals surface area contributed by atoms with Gasteiger partial charge in [0.2, 0.25) is 23.6 Å². The second kappa shape index (κ2) is 11.0. The average molecular weight is 541 g/mol.